The van der Waals surface area contributed by atoms with Gasteiger partial charge in [0, 0.05) is 25.0 Å². The standard InChI is InChI=1S/C22H32N2O3/c1-2-17-8-6-7-11-20(17)27-16-21(25)23-19-12-14-24(15-13-19)22(26)18-9-4-3-5-10-18/h6-8,11,18-19H,2-5,9-10,12-16H2,1H3,(H,23,25). The molecule has 1 aliphatic heterocycles. The molecule has 0 aromatic heterocycles. The van der Waals surface area contributed by atoms with Crippen molar-refractivity contribution in [2.24, 2.45) is 5.92 Å². The van der Waals surface area contributed by atoms with Gasteiger partial charge in [0.1, 0.15) is 5.75 Å². The minimum Gasteiger partial charge on any atom is -0.483 e. The highest BCUT2D eigenvalue weighted by molar-refractivity contribution is 5.79. The summed E-state index contributed by atoms with van der Waals surface area (Å²) in [5.74, 6) is 1.26. The van der Waals surface area contributed by atoms with E-state index in [9.17, 15) is 9.59 Å². The van der Waals surface area contributed by atoms with Crippen LogP contribution in [0.2, 0.25) is 0 Å². The fourth-order valence-corrected chi connectivity index (χ4v) is 4.20. The summed E-state index contributed by atoms with van der Waals surface area (Å²) >= 11 is 0. The summed E-state index contributed by atoms with van der Waals surface area (Å²) in [6.07, 6.45) is 8.27. The number of piperidine rings is 1. The second-order valence-electron chi connectivity index (χ2n) is 7.75. The summed E-state index contributed by atoms with van der Waals surface area (Å²) in [4.78, 5) is 26.9. The van der Waals surface area contributed by atoms with E-state index >= 15 is 0 Å². The van der Waals surface area contributed by atoms with Crippen LogP contribution in [0.1, 0.15) is 57.4 Å². The van der Waals surface area contributed by atoms with Gasteiger partial charge in [0.2, 0.25) is 5.91 Å². The average Bonchev–Trinajstić information content (AvgIpc) is 2.73. The molecule has 1 N–H and O–H groups in total. The number of nitrogens with one attached hydrogen (secondary N) is 1. The van der Waals surface area contributed by atoms with E-state index < -0.39 is 0 Å². The first-order valence-electron chi connectivity index (χ1n) is 10.5. The molecule has 5 heteroatoms. The zero-order valence-electron chi connectivity index (χ0n) is 16.4. The van der Waals surface area contributed by atoms with E-state index in [0.717, 1.165) is 56.5 Å². The molecule has 1 heterocycles. The number of rotatable bonds is 6. The van der Waals surface area contributed by atoms with Crippen molar-refractivity contribution in [1.82, 2.24) is 10.2 Å². The Balaban J connectivity index is 1.39. The number of carbonyl (C=O) groups excluding carboxylic acids is 2. The first kappa shape index (κ1) is 19.7. The molecule has 1 saturated carbocycles. The SMILES string of the molecule is CCc1ccccc1OCC(=O)NC1CCN(C(=O)C2CCCCC2)CC1. The predicted octanol–water partition coefficient (Wildman–Crippen LogP) is 3.32. The maximum Gasteiger partial charge on any atom is 0.258 e. The molecule has 0 spiro atoms. The minimum absolute atomic E-state index is 0.0399. The number of benzene rings is 1. The van der Waals surface area contributed by atoms with E-state index in [-0.39, 0.29) is 24.5 Å². The third-order valence-corrected chi connectivity index (χ3v) is 5.84. The van der Waals surface area contributed by atoms with Gasteiger partial charge in [-0.15, -0.1) is 0 Å². The molecule has 1 saturated heterocycles. The van der Waals surface area contributed by atoms with Crippen LogP contribution in [0.4, 0.5) is 0 Å². The number of nitrogens with zero attached hydrogens (tertiary/aromatic N) is 1. The highest BCUT2D eigenvalue weighted by Crippen LogP contribution is 2.26. The molecule has 2 fully saturated rings. The molecule has 0 bridgehead atoms. The number of amides is 2. The quantitative estimate of drug-likeness (QED) is 0.833. The van der Waals surface area contributed by atoms with E-state index in [1.165, 1.54) is 19.3 Å². The fourth-order valence-electron chi connectivity index (χ4n) is 4.20. The highest BCUT2D eigenvalue weighted by Gasteiger charge is 2.29. The Hall–Kier alpha value is -2.04. The van der Waals surface area contributed by atoms with Gasteiger partial charge in [-0.25, -0.2) is 0 Å². The first-order valence-corrected chi connectivity index (χ1v) is 10.5. The Morgan fingerprint density at radius 2 is 1.78 bits per heavy atom. The largest absolute Gasteiger partial charge is 0.483 e. The molecule has 2 amide bonds. The van der Waals surface area contributed by atoms with Gasteiger partial charge in [-0.2, -0.15) is 0 Å². The Labute approximate surface area is 162 Å². The van der Waals surface area contributed by atoms with E-state index in [4.69, 9.17) is 4.74 Å². The smallest absolute Gasteiger partial charge is 0.258 e. The maximum absolute atomic E-state index is 12.6. The summed E-state index contributed by atoms with van der Waals surface area (Å²) in [7, 11) is 0. The lowest BCUT2D eigenvalue weighted by Gasteiger charge is -2.35. The van der Waals surface area contributed by atoms with Crippen molar-refractivity contribution >= 4 is 11.8 Å². The number of para-hydroxylation sites is 1. The molecule has 148 valence electrons. The molecule has 27 heavy (non-hydrogen) atoms. The lowest BCUT2D eigenvalue weighted by atomic mass is 9.87. The molecule has 0 atom stereocenters. The van der Waals surface area contributed by atoms with Crippen LogP contribution >= 0.6 is 0 Å². The van der Waals surface area contributed by atoms with Crippen LogP contribution in [0, 0.1) is 5.92 Å². The van der Waals surface area contributed by atoms with Crippen LogP contribution in [-0.4, -0.2) is 42.5 Å². The molecule has 5 nitrogen and oxygen atoms in total. The molecule has 0 radical (unpaired) electrons. The summed E-state index contributed by atoms with van der Waals surface area (Å²) in [6.45, 7) is 3.61. The van der Waals surface area contributed by atoms with Crippen molar-refractivity contribution in [1.29, 1.82) is 0 Å². The van der Waals surface area contributed by atoms with Gasteiger partial charge in [-0.1, -0.05) is 44.4 Å². The summed E-state index contributed by atoms with van der Waals surface area (Å²) in [6, 6.07) is 7.96. The molecule has 2 aliphatic rings. The minimum atomic E-state index is -0.0852. The van der Waals surface area contributed by atoms with Gasteiger partial charge >= 0.3 is 0 Å². The van der Waals surface area contributed by atoms with Gasteiger partial charge in [0.05, 0.1) is 0 Å². The number of aryl methyl sites for hydroxylation is 1. The Morgan fingerprint density at radius 1 is 1.07 bits per heavy atom. The number of hydrogen-bond acceptors (Lipinski definition) is 3. The second kappa shape index (κ2) is 9.77. The van der Waals surface area contributed by atoms with Gasteiger partial charge < -0.3 is 15.0 Å². The normalized spacial score (nSPS) is 18.9. The third kappa shape index (κ3) is 5.47. The van der Waals surface area contributed by atoms with Crippen LogP contribution in [0.15, 0.2) is 24.3 Å². The Kier molecular flexibility index (Phi) is 7.13. The van der Waals surface area contributed by atoms with Gasteiger partial charge in [-0.3, -0.25) is 9.59 Å². The Bertz CT molecular complexity index is 632. The van der Waals surface area contributed by atoms with Crippen molar-refractivity contribution in [3.05, 3.63) is 29.8 Å². The van der Waals surface area contributed by atoms with Crippen LogP contribution in [0.25, 0.3) is 0 Å². The summed E-state index contributed by atoms with van der Waals surface area (Å²) in [5, 5.41) is 3.06. The Morgan fingerprint density at radius 3 is 2.48 bits per heavy atom. The van der Waals surface area contributed by atoms with Crippen LogP contribution in [0.5, 0.6) is 5.75 Å². The van der Waals surface area contributed by atoms with Gasteiger partial charge in [-0.05, 0) is 43.7 Å². The second-order valence-corrected chi connectivity index (χ2v) is 7.75. The lowest BCUT2D eigenvalue weighted by molar-refractivity contribution is -0.137. The third-order valence-electron chi connectivity index (χ3n) is 5.84. The molecule has 1 aromatic carbocycles. The topological polar surface area (TPSA) is 58.6 Å². The number of hydrogen-bond donors (Lipinski definition) is 1. The lowest BCUT2D eigenvalue weighted by Crippen LogP contribution is -2.49. The molecule has 0 unspecified atom stereocenters. The van der Waals surface area contributed by atoms with E-state index in [1.807, 2.05) is 29.2 Å². The van der Waals surface area contributed by atoms with Crippen LogP contribution < -0.4 is 10.1 Å². The van der Waals surface area contributed by atoms with Crippen LogP contribution in [0.3, 0.4) is 0 Å². The van der Waals surface area contributed by atoms with Crippen LogP contribution in [-0.2, 0) is 16.0 Å². The molecular formula is C22H32N2O3. The van der Waals surface area contributed by atoms with Gasteiger partial charge in [0.25, 0.3) is 5.91 Å². The maximum atomic E-state index is 12.6. The van der Waals surface area contributed by atoms with Crippen molar-refractivity contribution in [3.8, 4) is 5.75 Å². The monoisotopic (exact) mass is 372 g/mol. The highest BCUT2D eigenvalue weighted by atomic mass is 16.5. The van der Waals surface area contributed by atoms with Crippen molar-refractivity contribution in [3.63, 3.8) is 0 Å². The average molecular weight is 373 g/mol. The molecular weight excluding hydrogens is 340 g/mol. The van der Waals surface area contributed by atoms with E-state index in [1.54, 1.807) is 0 Å². The predicted molar refractivity (Wildman–Crippen MR) is 106 cm³/mol. The zero-order chi connectivity index (χ0) is 19.1. The molecule has 3 rings (SSSR count). The number of likely N-dealkylation sites (tertiary alicyclic amines) is 1. The fraction of sp³-hybridized carbons (Fsp3) is 0.636. The van der Waals surface area contributed by atoms with E-state index in [2.05, 4.69) is 12.2 Å². The van der Waals surface area contributed by atoms with Gasteiger partial charge in [0.15, 0.2) is 6.61 Å². The van der Waals surface area contributed by atoms with Crippen molar-refractivity contribution < 1.29 is 14.3 Å². The van der Waals surface area contributed by atoms with E-state index in [0.29, 0.717) is 5.91 Å². The van der Waals surface area contributed by atoms with Crippen molar-refractivity contribution in [2.75, 3.05) is 19.7 Å². The first-order chi connectivity index (χ1) is 13.2. The molecule has 1 aromatic rings. The van der Waals surface area contributed by atoms with Crippen molar-refractivity contribution in [2.45, 2.75) is 64.3 Å². The molecule has 1 aliphatic carbocycles. The number of ether oxygens (including phenoxy) is 1. The summed E-state index contributed by atoms with van der Waals surface area (Å²) < 4.78 is 5.69. The zero-order valence-corrected chi connectivity index (χ0v) is 16.4. The number of carbonyl (C=O) groups is 2. The summed E-state index contributed by atoms with van der Waals surface area (Å²) in [5.41, 5.74) is 1.11.